The zero-order valence-corrected chi connectivity index (χ0v) is 10.1. The molecule has 8 nitrogen and oxygen atoms in total. The molecule has 0 amide bonds. The molecule has 0 unspecified atom stereocenters. The lowest BCUT2D eigenvalue weighted by atomic mass is 10.3. The lowest BCUT2D eigenvalue weighted by Crippen LogP contribution is -2.08. The van der Waals surface area contributed by atoms with E-state index < -0.39 is 9.84 Å². The number of aromatic nitrogens is 4. The summed E-state index contributed by atoms with van der Waals surface area (Å²) in [4.78, 5) is 0. The highest BCUT2D eigenvalue weighted by atomic mass is 32.2. The number of hydrogen-bond donors (Lipinski definition) is 0. The minimum absolute atomic E-state index is 0.146. The first-order valence-corrected chi connectivity index (χ1v) is 6.83. The van der Waals surface area contributed by atoms with Gasteiger partial charge < -0.3 is 9.47 Å². The van der Waals surface area contributed by atoms with Crippen LogP contribution in [-0.4, -0.2) is 41.7 Å². The van der Waals surface area contributed by atoms with Gasteiger partial charge in [0.05, 0.1) is 5.69 Å². The minimum atomic E-state index is -3.50. The van der Waals surface area contributed by atoms with Crippen molar-refractivity contribution in [2.45, 2.75) is 5.16 Å². The second-order valence-corrected chi connectivity index (χ2v) is 5.59. The number of nitrogens with zero attached hydrogens (tertiary/aromatic N) is 4. The van der Waals surface area contributed by atoms with E-state index in [1.807, 2.05) is 0 Å². The zero-order valence-electron chi connectivity index (χ0n) is 9.27. The number of benzene rings is 1. The zero-order chi connectivity index (χ0) is 12.8. The van der Waals surface area contributed by atoms with Crippen molar-refractivity contribution in [3.05, 3.63) is 18.2 Å². The molecule has 1 aliphatic heterocycles. The van der Waals surface area contributed by atoms with E-state index in [9.17, 15) is 8.42 Å². The molecule has 2 aromatic rings. The van der Waals surface area contributed by atoms with Gasteiger partial charge in [0.15, 0.2) is 11.5 Å². The Morgan fingerprint density at radius 2 is 2.06 bits per heavy atom. The third-order valence-electron chi connectivity index (χ3n) is 2.37. The Kier molecular flexibility index (Phi) is 2.23. The maximum atomic E-state index is 11.5. The summed E-state index contributed by atoms with van der Waals surface area (Å²) >= 11 is 0. The average molecular weight is 268 g/mol. The van der Waals surface area contributed by atoms with E-state index in [0.717, 1.165) is 10.9 Å². The Morgan fingerprint density at radius 3 is 2.83 bits per heavy atom. The predicted molar refractivity (Wildman–Crippen MR) is 58.4 cm³/mol. The van der Waals surface area contributed by atoms with Gasteiger partial charge in [0.2, 0.25) is 16.6 Å². The normalized spacial score (nSPS) is 13.8. The van der Waals surface area contributed by atoms with Gasteiger partial charge >= 0.3 is 0 Å². The standard InChI is InChI=1S/C9H8N4O4S/c1-18(14,15)9-10-11-12-13(9)6-2-3-7-8(4-6)17-5-16-7/h2-4H,5H2,1H3. The maximum Gasteiger partial charge on any atom is 0.272 e. The fourth-order valence-electron chi connectivity index (χ4n) is 1.59. The molecule has 1 aliphatic rings. The summed E-state index contributed by atoms with van der Waals surface area (Å²) in [7, 11) is -3.50. The van der Waals surface area contributed by atoms with E-state index >= 15 is 0 Å². The molecule has 0 N–H and O–H groups in total. The van der Waals surface area contributed by atoms with E-state index in [-0.39, 0.29) is 11.9 Å². The lowest BCUT2D eigenvalue weighted by Gasteiger charge is -2.03. The molecular formula is C9H8N4O4S. The fourth-order valence-corrected chi connectivity index (χ4v) is 2.23. The molecule has 94 valence electrons. The predicted octanol–water partition coefficient (Wildman–Crippen LogP) is -0.206. The number of tetrazole rings is 1. The Hall–Kier alpha value is -2.16. The van der Waals surface area contributed by atoms with Gasteiger partial charge in [0, 0.05) is 12.3 Å². The van der Waals surface area contributed by atoms with Gasteiger partial charge in [0.25, 0.3) is 5.16 Å². The van der Waals surface area contributed by atoms with Crippen LogP contribution in [0.25, 0.3) is 5.69 Å². The van der Waals surface area contributed by atoms with Crippen LogP contribution in [0.1, 0.15) is 0 Å². The van der Waals surface area contributed by atoms with Crippen molar-refractivity contribution in [1.29, 1.82) is 0 Å². The second-order valence-electron chi connectivity index (χ2n) is 3.68. The Balaban J connectivity index is 2.14. The third-order valence-corrected chi connectivity index (χ3v) is 3.29. The minimum Gasteiger partial charge on any atom is -0.454 e. The van der Waals surface area contributed by atoms with Crippen molar-refractivity contribution in [2.75, 3.05) is 13.0 Å². The van der Waals surface area contributed by atoms with E-state index in [2.05, 4.69) is 15.5 Å². The molecule has 3 rings (SSSR count). The van der Waals surface area contributed by atoms with Crippen molar-refractivity contribution in [1.82, 2.24) is 20.2 Å². The summed E-state index contributed by atoms with van der Waals surface area (Å²) in [5.74, 6) is 1.13. The molecule has 2 heterocycles. The van der Waals surface area contributed by atoms with Crippen LogP contribution in [0.4, 0.5) is 0 Å². The Morgan fingerprint density at radius 1 is 1.28 bits per heavy atom. The number of hydrogen-bond acceptors (Lipinski definition) is 7. The topological polar surface area (TPSA) is 96.2 Å². The van der Waals surface area contributed by atoms with E-state index in [1.54, 1.807) is 18.2 Å². The van der Waals surface area contributed by atoms with E-state index in [1.165, 1.54) is 0 Å². The molecule has 18 heavy (non-hydrogen) atoms. The highest BCUT2D eigenvalue weighted by Crippen LogP contribution is 2.33. The largest absolute Gasteiger partial charge is 0.454 e. The van der Waals surface area contributed by atoms with Crippen LogP contribution in [0.3, 0.4) is 0 Å². The highest BCUT2D eigenvalue weighted by Gasteiger charge is 2.21. The van der Waals surface area contributed by atoms with Crippen molar-refractivity contribution in [3.63, 3.8) is 0 Å². The van der Waals surface area contributed by atoms with Gasteiger partial charge in [-0.2, -0.15) is 4.68 Å². The first-order chi connectivity index (χ1) is 8.55. The summed E-state index contributed by atoms with van der Waals surface area (Å²) in [6, 6.07) is 4.94. The van der Waals surface area contributed by atoms with Crippen LogP contribution < -0.4 is 9.47 Å². The van der Waals surface area contributed by atoms with Gasteiger partial charge in [-0.25, -0.2) is 8.42 Å². The quantitative estimate of drug-likeness (QED) is 0.743. The van der Waals surface area contributed by atoms with Crippen molar-refractivity contribution >= 4 is 9.84 Å². The van der Waals surface area contributed by atoms with Crippen LogP contribution >= 0.6 is 0 Å². The van der Waals surface area contributed by atoms with E-state index in [0.29, 0.717) is 17.2 Å². The number of ether oxygens (including phenoxy) is 2. The summed E-state index contributed by atoms with van der Waals surface area (Å²) in [6.45, 7) is 0.146. The Bertz CT molecular complexity index is 709. The molecule has 0 radical (unpaired) electrons. The van der Waals surface area contributed by atoms with Crippen molar-refractivity contribution in [3.8, 4) is 17.2 Å². The molecule has 0 saturated heterocycles. The number of sulfone groups is 1. The molecule has 0 fully saturated rings. The Labute approximate surface area is 102 Å². The molecule has 1 aromatic carbocycles. The first-order valence-electron chi connectivity index (χ1n) is 4.94. The van der Waals surface area contributed by atoms with Gasteiger partial charge in [-0.05, 0) is 22.6 Å². The maximum absolute atomic E-state index is 11.5. The summed E-state index contributed by atoms with van der Waals surface area (Å²) < 4.78 is 34.5. The number of fused-ring (bicyclic) bond motifs is 1. The highest BCUT2D eigenvalue weighted by molar-refractivity contribution is 7.90. The molecule has 0 spiro atoms. The van der Waals surface area contributed by atoms with Gasteiger partial charge in [0.1, 0.15) is 0 Å². The summed E-state index contributed by atoms with van der Waals surface area (Å²) in [6.07, 6.45) is 1.04. The van der Waals surface area contributed by atoms with Gasteiger partial charge in [-0.3, -0.25) is 0 Å². The molecule has 0 bridgehead atoms. The van der Waals surface area contributed by atoms with Crippen LogP contribution in [0.2, 0.25) is 0 Å². The molecule has 0 saturated carbocycles. The lowest BCUT2D eigenvalue weighted by molar-refractivity contribution is 0.174. The second kappa shape index (κ2) is 3.67. The van der Waals surface area contributed by atoms with Gasteiger partial charge in [-0.1, -0.05) is 5.10 Å². The molecule has 9 heteroatoms. The first kappa shape index (κ1) is 11.0. The van der Waals surface area contributed by atoms with Crippen LogP contribution in [0, 0.1) is 0 Å². The smallest absolute Gasteiger partial charge is 0.272 e. The SMILES string of the molecule is CS(=O)(=O)c1nnnn1-c1ccc2c(c1)OCO2. The van der Waals surface area contributed by atoms with Crippen molar-refractivity contribution in [2.24, 2.45) is 0 Å². The fraction of sp³-hybridized carbons (Fsp3) is 0.222. The molecular weight excluding hydrogens is 260 g/mol. The van der Waals surface area contributed by atoms with Crippen LogP contribution in [0.5, 0.6) is 11.5 Å². The third kappa shape index (κ3) is 1.68. The summed E-state index contributed by atoms with van der Waals surface area (Å²) in [5.41, 5.74) is 0.490. The van der Waals surface area contributed by atoms with Crippen LogP contribution in [0.15, 0.2) is 23.4 Å². The summed E-state index contributed by atoms with van der Waals surface area (Å²) in [5, 5.41) is 10.3. The van der Waals surface area contributed by atoms with Crippen molar-refractivity contribution < 1.29 is 17.9 Å². The molecule has 0 atom stereocenters. The molecule has 1 aromatic heterocycles. The van der Waals surface area contributed by atoms with Gasteiger partial charge in [-0.15, -0.1) is 0 Å². The van der Waals surface area contributed by atoms with E-state index in [4.69, 9.17) is 9.47 Å². The number of rotatable bonds is 2. The monoisotopic (exact) mass is 268 g/mol. The average Bonchev–Trinajstić information content (AvgIpc) is 2.96. The van der Waals surface area contributed by atoms with Crippen LogP contribution in [-0.2, 0) is 9.84 Å². The molecule has 0 aliphatic carbocycles.